The van der Waals surface area contributed by atoms with E-state index in [9.17, 15) is 20.1 Å². The summed E-state index contributed by atoms with van der Waals surface area (Å²) in [6.07, 6.45) is 3.81. The molecule has 0 spiro atoms. The van der Waals surface area contributed by atoms with Crippen LogP contribution in [-0.4, -0.2) is 15.3 Å². The highest BCUT2D eigenvalue weighted by Crippen LogP contribution is 2.86. The van der Waals surface area contributed by atoms with Gasteiger partial charge >= 0.3 is 0 Å². The van der Waals surface area contributed by atoms with E-state index < -0.39 is 11.2 Å². The fourth-order valence-corrected chi connectivity index (χ4v) is 5.70. The minimum Gasteiger partial charge on any atom is -0.504 e. The van der Waals surface area contributed by atoms with Crippen molar-refractivity contribution in [3.8, 4) is 28.6 Å². The Morgan fingerprint density at radius 3 is 2.56 bits per heavy atom. The third-order valence-corrected chi connectivity index (χ3v) is 7.02. The first kappa shape index (κ1) is 15.1. The average molecular weight is 362 g/mol. The topological polar surface area (TPSA) is 90.9 Å². The highest BCUT2D eigenvalue weighted by molar-refractivity contribution is 5.83. The number of aromatic hydroxyl groups is 3. The standard InChI is InChI=1S/C22H18O5/c23-14-6-3-10(8-15(14)24)21-20(26)19(25)12-5-4-11(9-16(12)27-21)22-7-1-2-13-17(22)18(13)22/h3-6,8-9,13,17-18,23-24,26H,1-2,7H2. The van der Waals surface area contributed by atoms with Crippen LogP contribution in [0, 0.1) is 17.8 Å². The molecule has 136 valence electrons. The highest BCUT2D eigenvalue weighted by Gasteiger charge is 2.84. The Bertz CT molecular complexity index is 1180. The van der Waals surface area contributed by atoms with Crippen LogP contribution in [-0.2, 0) is 5.41 Å². The zero-order valence-corrected chi connectivity index (χ0v) is 14.5. The largest absolute Gasteiger partial charge is 0.504 e. The lowest BCUT2D eigenvalue weighted by Gasteiger charge is -2.32. The van der Waals surface area contributed by atoms with Gasteiger partial charge in [-0.05, 0) is 66.5 Å². The zero-order chi connectivity index (χ0) is 18.5. The molecule has 0 aliphatic heterocycles. The molecule has 2 atom stereocenters. The third kappa shape index (κ3) is 1.77. The minimum atomic E-state index is -0.495. The number of benzene rings is 2. The van der Waals surface area contributed by atoms with Gasteiger partial charge in [-0.2, -0.15) is 0 Å². The number of rotatable bonds is 2. The summed E-state index contributed by atoms with van der Waals surface area (Å²) in [5.41, 5.74) is 1.79. The monoisotopic (exact) mass is 362 g/mol. The highest BCUT2D eigenvalue weighted by atomic mass is 16.4. The second-order valence-corrected chi connectivity index (χ2v) is 8.17. The second kappa shape index (κ2) is 4.66. The third-order valence-electron chi connectivity index (χ3n) is 7.02. The van der Waals surface area contributed by atoms with E-state index in [1.165, 1.54) is 43.0 Å². The Morgan fingerprint density at radius 2 is 1.81 bits per heavy atom. The molecule has 3 aromatic rings. The van der Waals surface area contributed by atoms with E-state index in [-0.39, 0.29) is 22.7 Å². The Morgan fingerprint density at radius 1 is 1.00 bits per heavy atom. The van der Waals surface area contributed by atoms with Crippen LogP contribution >= 0.6 is 0 Å². The summed E-state index contributed by atoms with van der Waals surface area (Å²) in [6.45, 7) is 0. The summed E-state index contributed by atoms with van der Waals surface area (Å²) >= 11 is 0. The van der Waals surface area contributed by atoms with Crippen LogP contribution in [0.3, 0.4) is 0 Å². The molecule has 3 aliphatic carbocycles. The van der Waals surface area contributed by atoms with E-state index in [1.54, 1.807) is 6.07 Å². The predicted molar refractivity (Wildman–Crippen MR) is 98.9 cm³/mol. The summed E-state index contributed by atoms with van der Waals surface area (Å²) in [7, 11) is 0. The van der Waals surface area contributed by atoms with Gasteiger partial charge in [0.2, 0.25) is 11.2 Å². The number of hydrogen-bond donors (Lipinski definition) is 3. The number of phenols is 2. The van der Waals surface area contributed by atoms with Crippen LogP contribution in [0.5, 0.6) is 17.2 Å². The quantitative estimate of drug-likeness (QED) is 0.602. The summed E-state index contributed by atoms with van der Waals surface area (Å²) in [5, 5.41) is 29.9. The normalized spacial score (nSPS) is 30.1. The van der Waals surface area contributed by atoms with Crippen molar-refractivity contribution in [2.24, 2.45) is 17.8 Å². The molecule has 3 saturated carbocycles. The van der Waals surface area contributed by atoms with Gasteiger partial charge in [0, 0.05) is 11.0 Å². The fourth-order valence-electron chi connectivity index (χ4n) is 5.70. The molecule has 0 radical (unpaired) electrons. The van der Waals surface area contributed by atoms with Crippen molar-refractivity contribution in [3.63, 3.8) is 0 Å². The fraction of sp³-hybridized carbons (Fsp3) is 0.318. The van der Waals surface area contributed by atoms with Gasteiger partial charge < -0.3 is 19.7 Å². The molecular weight excluding hydrogens is 344 g/mol. The Hall–Kier alpha value is -2.95. The maximum Gasteiger partial charge on any atom is 0.235 e. The van der Waals surface area contributed by atoms with Crippen LogP contribution in [0.25, 0.3) is 22.3 Å². The number of fused-ring (bicyclic) bond motifs is 3. The van der Waals surface area contributed by atoms with E-state index >= 15 is 0 Å². The lowest BCUT2D eigenvalue weighted by molar-refractivity contribution is 0.286. The van der Waals surface area contributed by atoms with E-state index in [0.717, 1.165) is 17.8 Å². The van der Waals surface area contributed by atoms with Gasteiger partial charge in [-0.15, -0.1) is 0 Å². The van der Waals surface area contributed by atoms with E-state index in [1.807, 2.05) is 12.1 Å². The molecule has 6 rings (SSSR count). The van der Waals surface area contributed by atoms with Crippen LogP contribution in [0.2, 0.25) is 0 Å². The van der Waals surface area contributed by atoms with Gasteiger partial charge in [0.1, 0.15) is 5.58 Å². The molecule has 27 heavy (non-hydrogen) atoms. The minimum absolute atomic E-state index is 0.0000675. The Labute approximate surface area is 154 Å². The maximum absolute atomic E-state index is 12.6. The van der Waals surface area contributed by atoms with Gasteiger partial charge in [-0.25, -0.2) is 0 Å². The first-order valence-corrected chi connectivity index (χ1v) is 9.35. The van der Waals surface area contributed by atoms with Crippen molar-refractivity contribution in [2.45, 2.75) is 24.7 Å². The van der Waals surface area contributed by atoms with E-state index in [0.29, 0.717) is 16.5 Å². The van der Waals surface area contributed by atoms with Gasteiger partial charge in [0.05, 0.1) is 5.39 Å². The summed E-state index contributed by atoms with van der Waals surface area (Å²) in [5.74, 6) is 1.40. The van der Waals surface area contributed by atoms with Gasteiger partial charge in [0.15, 0.2) is 17.3 Å². The van der Waals surface area contributed by atoms with Crippen molar-refractivity contribution >= 4 is 11.0 Å². The molecule has 3 N–H and O–H groups in total. The van der Waals surface area contributed by atoms with Gasteiger partial charge in [-0.1, -0.05) is 12.5 Å². The molecule has 2 unspecified atom stereocenters. The van der Waals surface area contributed by atoms with E-state index in [2.05, 4.69) is 0 Å². The average Bonchev–Trinajstić information content (AvgIpc) is 3.59. The Balaban J connectivity index is 1.52. The van der Waals surface area contributed by atoms with Crippen molar-refractivity contribution in [1.29, 1.82) is 0 Å². The molecule has 1 heterocycles. The lowest BCUT2D eigenvalue weighted by atomic mass is 9.72. The van der Waals surface area contributed by atoms with Crippen molar-refractivity contribution in [2.75, 3.05) is 0 Å². The molecule has 5 heteroatoms. The molecular formula is C22H18O5. The molecule has 5 nitrogen and oxygen atoms in total. The SMILES string of the molecule is O=c1c(O)c(-c2ccc(O)c(O)c2)oc2cc(C34CCCC5C3C54)ccc12. The second-order valence-electron chi connectivity index (χ2n) is 8.17. The molecule has 3 fully saturated rings. The van der Waals surface area contributed by atoms with E-state index in [4.69, 9.17) is 4.42 Å². The zero-order valence-electron chi connectivity index (χ0n) is 14.5. The lowest BCUT2D eigenvalue weighted by Crippen LogP contribution is -2.27. The molecule has 0 amide bonds. The van der Waals surface area contributed by atoms with Gasteiger partial charge in [-0.3, -0.25) is 4.79 Å². The van der Waals surface area contributed by atoms with Crippen molar-refractivity contribution in [3.05, 3.63) is 52.2 Å². The molecule has 3 aliphatic rings. The molecule has 0 saturated heterocycles. The van der Waals surface area contributed by atoms with Gasteiger partial charge in [0.25, 0.3) is 0 Å². The van der Waals surface area contributed by atoms with Crippen LogP contribution in [0.1, 0.15) is 24.8 Å². The Kier molecular flexibility index (Phi) is 2.61. The molecule has 1 aromatic heterocycles. The first-order chi connectivity index (χ1) is 13.0. The summed E-state index contributed by atoms with van der Waals surface area (Å²) < 4.78 is 5.91. The van der Waals surface area contributed by atoms with Crippen molar-refractivity contribution in [1.82, 2.24) is 0 Å². The van der Waals surface area contributed by atoms with Crippen molar-refractivity contribution < 1.29 is 19.7 Å². The maximum atomic E-state index is 12.6. The van der Waals surface area contributed by atoms with Crippen LogP contribution < -0.4 is 5.43 Å². The first-order valence-electron chi connectivity index (χ1n) is 9.35. The van der Waals surface area contributed by atoms with Crippen LogP contribution in [0.4, 0.5) is 0 Å². The molecule has 0 bridgehead atoms. The molecule has 2 aromatic carbocycles. The number of phenolic OH excluding ortho intramolecular Hbond substituents is 2. The van der Waals surface area contributed by atoms with Crippen LogP contribution in [0.15, 0.2) is 45.6 Å². The summed E-state index contributed by atoms with van der Waals surface area (Å²) in [4.78, 5) is 12.6. The smallest absolute Gasteiger partial charge is 0.235 e. The predicted octanol–water partition coefficient (Wildman–Crippen LogP) is 3.87. The summed E-state index contributed by atoms with van der Waals surface area (Å²) in [6, 6.07) is 9.77. The number of hydrogen-bond acceptors (Lipinski definition) is 5.